The number of pyridine rings is 1. The quantitative estimate of drug-likeness (QED) is 0.817. The van der Waals surface area contributed by atoms with Gasteiger partial charge in [0.15, 0.2) is 0 Å². The lowest BCUT2D eigenvalue weighted by atomic mass is 9.96. The van der Waals surface area contributed by atoms with E-state index in [2.05, 4.69) is 38.8 Å². The molecule has 3 heteroatoms. The highest BCUT2D eigenvalue weighted by atomic mass is 79.9. The van der Waals surface area contributed by atoms with E-state index in [4.69, 9.17) is 0 Å². The van der Waals surface area contributed by atoms with Crippen molar-refractivity contribution in [2.45, 2.75) is 26.2 Å². The molecule has 1 aromatic rings. The smallest absolute Gasteiger partial charge is 0.142 e. The summed E-state index contributed by atoms with van der Waals surface area (Å²) in [4.78, 5) is 6.85. The molecule has 0 spiro atoms. The lowest BCUT2D eigenvalue weighted by molar-refractivity contribution is 0.403. The monoisotopic (exact) mass is 268 g/mol. The number of aromatic nitrogens is 1. The van der Waals surface area contributed by atoms with Crippen molar-refractivity contribution >= 4 is 21.7 Å². The molecule has 1 atom stereocenters. The van der Waals surface area contributed by atoms with E-state index in [1.165, 1.54) is 19.3 Å². The molecule has 15 heavy (non-hydrogen) atoms. The molecule has 2 heterocycles. The molecule has 2 rings (SSSR count). The van der Waals surface area contributed by atoms with Gasteiger partial charge in [-0.05, 0) is 46.8 Å². The molecule has 2 nitrogen and oxygen atoms in total. The summed E-state index contributed by atoms with van der Waals surface area (Å²) in [5.74, 6) is 1.95. The summed E-state index contributed by atoms with van der Waals surface area (Å²) >= 11 is 3.57. The van der Waals surface area contributed by atoms with Gasteiger partial charge in [0.05, 0.1) is 4.47 Å². The third-order valence-corrected chi connectivity index (χ3v) is 3.75. The summed E-state index contributed by atoms with van der Waals surface area (Å²) in [6.07, 6.45) is 5.82. The minimum atomic E-state index is 0.840. The lowest BCUT2D eigenvalue weighted by Crippen LogP contribution is -2.35. The zero-order valence-electron chi connectivity index (χ0n) is 9.12. The van der Waals surface area contributed by atoms with Crippen molar-refractivity contribution < 1.29 is 0 Å². The van der Waals surface area contributed by atoms with E-state index >= 15 is 0 Å². The largest absolute Gasteiger partial charge is 0.355 e. The summed E-state index contributed by atoms with van der Waals surface area (Å²) in [7, 11) is 0. The zero-order valence-corrected chi connectivity index (χ0v) is 10.7. The van der Waals surface area contributed by atoms with Crippen LogP contribution < -0.4 is 4.90 Å². The molecule has 0 aliphatic carbocycles. The highest BCUT2D eigenvalue weighted by Crippen LogP contribution is 2.28. The van der Waals surface area contributed by atoms with Gasteiger partial charge in [-0.15, -0.1) is 0 Å². The average Bonchev–Trinajstić information content (AvgIpc) is 2.30. The zero-order chi connectivity index (χ0) is 10.7. The summed E-state index contributed by atoms with van der Waals surface area (Å²) in [5.41, 5.74) is 0. The van der Waals surface area contributed by atoms with Crippen molar-refractivity contribution in [2.24, 2.45) is 5.92 Å². The Morgan fingerprint density at radius 3 is 3.20 bits per heavy atom. The van der Waals surface area contributed by atoms with Gasteiger partial charge in [-0.1, -0.05) is 13.3 Å². The molecule has 0 aromatic carbocycles. The van der Waals surface area contributed by atoms with Crippen LogP contribution in [0.15, 0.2) is 22.8 Å². The Morgan fingerprint density at radius 1 is 1.60 bits per heavy atom. The molecule has 1 fully saturated rings. The number of halogens is 1. The van der Waals surface area contributed by atoms with Crippen molar-refractivity contribution in [3.63, 3.8) is 0 Å². The number of anilines is 1. The second-order valence-corrected chi connectivity index (χ2v) is 5.03. The molecule has 82 valence electrons. The Hall–Kier alpha value is -0.570. The first kappa shape index (κ1) is 10.9. The van der Waals surface area contributed by atoms with Crippen molar-refractivity contribution in [2.75, 3.05) is 18.0 Å². The normalized spacial score (nSPS) is 21.7. The number of nitrogens with zero attached hydrogens (tertiary/aromatic N) is 2. The highest BCUT2D eigenvalue weighted by molar-refractivity contribution is 9.10. The van der Waals surface area contributed by atoms with Crippen LogP contribution >= 0.6 is 15.9 Å². The summed E-state index contributed by atoms with van der Waals surface area (Å²) in [6.45, 7) is 4.58. The first-order chi connectivity index (χ1) is 7.31. The molecule has 0 saturated carbocycles. The van der Waals surface area contributed by atoms with E-state index in [1.54, 1.807) is 0 Å². The maximum atomic E-state index is 4.45. The van der Waals surface area contributed by atoms with E-state index in [1.807, 2.05) is 12.3 Å². The van der Waals surface area contributed by atoms with Gasteiger partial charge < -0.3 is 4.90 Å². The number of hydrogen-bond donors (Lipinski definition) is 0. The Bertz CT molecular complexity index is 327. The lowest BCUT2D eigenvalue weighted by Gasteiger charge is -2.33. The first-order valence-corrected chi connectivity index (χ1v) is 6.46. The Kier molecular flexibility index (Phi) is 3.62. The SMILES string of the molecule is CCC1CCCN(c2ncccc2Br)C1. The second-order valence-electron chi connectivity index (χ2n) is 4.17. The fraction of sp³-hybridized carbons (Fsp3) is 0.583. The Balaban J connectivity index is 2.13. The summed E-state index contributed by atoms with van der Waals surface area (Å²) in [6, 6.07) is 4.03. The average molecular weight is 269 g/mol. The topological polar surface area (TPSA) is 16.1 Å². The van der Waals surface area contributed by atoms with Crippen LogP contribution in [-0.4, -0.2) is 18.1 Å². The van der Waals surface area contributed by atoms with Crippen LogP contribution in [0.3, 0.4) is 0 Å². The standard InChI is InChI=1S/C12H17BrN2/c1-2-10-5-4-8-15(9-10)12-11(13)6-3-7-14-12/h3,6-7,10H,2,4-5,8-9H2,1H3. The van der Waals surface area contributed by atoms with E-state index in [9.17, 15) is 0 Å². The molecule has 0 amide bonds. The molecule has 0 N–H and O–H groups in total. The summed E-state index contributed by atoms with van der Waals surface area (Å²) in [5, 5.41) is 0. The fourth-order valence-electron chi connectivity index (χ4n) is 2.20. The summed E-state index contributed by atoms with van der Waals surface area (Å²) < 4.78 is 1.11. The second kappa shape index (κ2) is 4.97. The van der Waals surface area contributed by atoms with Crippen molar-refractivity contribution in [3.8, 4) is 0 Å². The van der Waals surface area contributed by atoms with Gasteiger partial charge in [-0.2, -0.15) is 0 Å². The van der Waals surface area contributed by atoms with E-state index in [0.29, 0.717) is 0 Å². The predicted octanol–water partition coefficient (Wildman–Crippen LogP) is 3.47. The number of rotatable bonds is 2. The Labute approximate surface area is 99.8 Å². The third-order valence-electron chi connectivity index (χ3n) is 3.13. The van der Waals surface area contributed by atoms with Gasteiger partial charge in [0, 0.05) is 19.3 Å². The van der Waals surface area contributed by atoms with Crippen LogP contribution in [0, 0.1) is 5.92 Å². The predicted molar refractivity (Wildman–Crippen MR) is 67.2 cm³/mol. The number of piperidine rings is 1. The molecule has 1 saturated heterocycles. The maximum absolute atomic E-state index is 4.45. The van der Waals surface area contributed by atoms with Crippen LogP contribution in [0.2, 0.25) is 0 Å². The molecular formula is C12H17BrN2. The Morgan fingerprint density at radius 2 is 2.47 bits per heavy atom. The van der Waals surface area contributed by atoms with E-state index < -0.39 is 0 Å². The molecule has 1 aliphatic rings. The van der Waals surface area contributed by atoms with Crippen LogP contribution in [-0.2, 0) is 0 Å². The van der Waals surface area contributed by atoms with Crippen molar-refractivity contribution in [1.82, 2.24) is 4.98 Å². The van der Waals surface area contributed by atoms with Crippen LogP contribution in [0.1, 0.15) is 26.2 Å². The molecular weight excluding hydrogens is 252 g/mol. The van der Waals surface area contributed by atoms with Gasteiger partial charge in [-0.3, -0.25) is 0 Å². The third kappa shape index (κ3) is 2.51. The van der Waals surface area contributed by atoms with Gasteiger partial charge in [0.1, 0.15) is 5.82 Å². The van der Waals surface area contributed by atoms with Gasteiger partial charge >= 0.3 is 0 Å². The minimum absolute atomic E-state index is 0.840. The number of hydrogen-bond acceptors (Lipinski definition) is 2. The van der Waals surface area contributed by atoms with Gasteiger partial charge in [0.25, 0.3) is 0 Å². The van der Waals surface area contributed by atoms with Crippen LogP contribution in [0.4, 0.5) is 5.82 Å². The molecule has 0 bridgehead atoms. The van der Waals surface area contributed by atoms with Crippen molar-refractivity contribution in [1.29, 1.82) is 0 Å². The van der Waals surface area contributed by atoms with Crippen molar-refractivity contribution in [3.05, 3.63) is 22.8 Å². The molecule has 1 aliphatic heterocycles. The minimum Gasteiger partial charge on any atom is -0.355 e. The van der Waals surface area contributed by atoms with Gasteiger partial charge in [0.2, 0.25) is 0 Å². The molecule has 1 aromatic heterocycles. The van der Waals surface area contributed by atoms with Gasteiger partial charge in [-0.25, -0.2) is 4.98 Å². The maximum Gasteiger partial charge on any atom is 0.142 e. The van der Waals surface area contributed by atoms with E-state index in [0.717, 1.165) is 29.3 Å². The first-order valence-electron chi connectivity index (χ1n) is 5.66. The van der Waals surface area contributed by atoms with Crippen LogP contribution in [0.5, 0.6) is 0 Å². The highest BCUT2D eigenvalue weighted by Gasteiger charge is 2.20. The fourth-order valence-corrected chi connectivity index (χ4v) is 2.71. The van der Waals surface area contributed by atoms with E-state index in [-0.39, 0.29) is 0 Å². The molecule has 0 radical (unpaired) electrons. The molecule has 1 unspecified atom stereocenters. The van der Waals surface area contributed by atoms with Crippen LogP contribution in [0.25, 0.3) is 0 Å².